The average Bonchev–Trinajstić information content (AvgIpc) is 2.42. The highest BCUT2D eigenvalue weighted by atomic mass is 16.5. The molecule has 0 amide bonds. The smallest absolute Gasteiger partial charge is 0.145 e. The van der Waals surface area contributed by atoms with Crippen molar-refractivity contribution >= 4 is 16.9 Å². The number of aromatic nitrogens is 2. The Morgan fingerprint density at radius 2 is 1.94 bits per heavy atom. The van der Waals surface area contributed by atoms with Gasteiger partial charge in [0.05, 0.1) is 23.8 Å². The Kier molecular flexibility index (Phi) is 4.87. The van der Waals surface area contributed by atoms with Crippen LogP contribution in [0, 0.1) is 0 Å². The molecule has 1 aromatic heterocycles. The van der Waals surface area contributed by atoms with E-state index in [2.05, 4.69) is 20.6 Å². The van der Waals surface area contributed by atoms with Crippen molar-refractivity contribution in [3.8, 4) is 0 Å². The molecule has 2 rings (SSSR count). The maximum atomic E-state index is 4.95. The van der Waals surface area contributed by atoms with Gasteiger partial charge in [0.25, 0.3) is 0 Å². The molecule has 0 bridgehead atoms. The van der Waals surface area contributed by atoms with E-state index in [1.54, 1.807) is 13.3 Å². The second-order valence-electron chi connectivity index (χ2n) is 3.91. The van der Waals surface area contributed by atoms with E-state index in [-0.39, 0.29) is 0 Å². The highest BCUT2D eigenvalue weighted by molar-refractivity contribution is 5.75. The SMILES string of the molecule is COCCNCCNc1cnc2ccccc2n1. The summed E-state index contributed by atoms with van der Waals surface area (Å²) in [6.45, 7) is 3.28. The second-order valence-corrected chi connectivity index (χ2v) is 3.91. The third-order valence-corrected chi connectivity index (χ3v) is 2.54. The fourth-order valence-corrected chi connectivity index (χ4v) is 1.62. The highest BCUT2D eigenvalue weighted by Crippen LogP contribution is 2.10. The van der Waals surface area contributed by atoms with Gasteiger partial charge in [0.15, 0.2) is 0 Å². The van der Waals surface area contributed by atoms with Gasteiger partial charge in [0.1, 0.15) is 5.82 Å². The zero-order valence-corrected chi connectivity index (χ0v) is 10.5. The Balaban J connectivity index is 1.81. The van der Waals surface area contributed by atoms with E-state index in [1.165, 1.54) is 0 Å². The van der Waals surface area contributed by atoms with Crippen molar-refractivity contribution in [1.29, 1.82) is 0 Å². The maximum absolute atomic E-state index is 4.95. The minimum Gasteiger partial charge on any atom is -0.383 e. The molecule has 2 aromatic rings. The van der Waals surface area contributed by atoms with E-state index < -0.39 is 0 Å². The lowest BCUT2D eigenvalue weighted by atomic mass is 10.3. The minimum atomic E-state index is 0.732. The zero-order chi connectivity index (χ0) is 12.6. The predicted octanol–water partition coefficient (Wildman–Crippen LogP) is 1.28. The number of para-hydroxylation sites is 2. The van der Waals surface area contributed by atoms with Crippen molar-refractivity contribution in [3.63, 3.8) is 0 Å². The molecular formula is C13H18N4O. The molecule has 0 fully saturated rings. The van der Waals surface area contributed by atoms with Crippen molar-refractivity contribution in [1.82, 2.24) is 15.3 Å². The average molecular weight is 246 g/mol. The minimum absolute atomic E-state index is 0.732. The first-order chi connectivity index (χ1) is 8.90. The van der Waals surface area contributed by atoms with Crippen LogP contribution >= 0.6 is 0 Å². The first-order valence-electron chi connectivity index (χ1n) is 6.05. The van der Waals surface area contributed by atoms with Crippen molar-refractivity contribution < 1.29 is 4.74 Å². The number of anilines is 1. The van der Waals surface area contributed by atoms with E-state index in [4.69, 9.17) is 4.74 Å². The summed E-state index contributed by atoms with van der Waals surface area (Å²) in [6.07, 6.45) is 1.76. The topological polar surface area (TPSA) is 59.1 Å². The number of hydrogen-bond donors (Lipinski definition) is 2. The van der Waals surface area contributed by atoms with E-state index in [9.17, 15) is 0 Å². The van der Waals surface area contributed by atoms with E-state index >= 15 is 0 Å². The van der Waals surface area contributed by atoms with Gasteiger partial charge in [-0.05, 0) is 12.1 Å². The van der Waals surface area contributed by atoms with Gasteiger partial charge < -0.3 is 15.4 Å². The molecule has 0 saturated carbocycles. The fourth-order valence-electron chi connectivity index (χ4n) is 1.62. The number of hydrogen-bond acceptors (Lipinski definition) is 5. The van der Waals surface area contributed by atoms with Crippen LogP contribution in [0.1, 0.15) is 0 Å². The lowest BCUT2D eigenvalue weighted by Gasteiger charge is -2.07. The molecule has 0 atom stereocenters. The summed E-state index contributed by atoms with van der Waals surface area (Å²) in [6, 6.07) is 7.85. The molecular weight excluding hydrogens is 228 g/mol. The standard InChI is InChI=1S/C13H18N4O/c1-18-9-8-14-6-7-15-13-10-16-11-4-2-3-5-12(11)17-13/h2-5,10,14H,6-9H2,1H3,(H,15,17). The predicted molar refractivity (Wildman–Crippen MR) is 72.8 cm³/mol. The van der Waals surface area contributed by atoms with Crippen LogP contribution in [0.2, 0.25) is 0 Å². The Hall–Kier alpha value is -1.72. The summed E-state index contributed by atoms with van der Waals surface area (Å²) >= 11 is 0. The van der Waals surface area contributed by atoms with Gasteiger partial charge in [-0.3, -0.25) is 4.98 Å². The summed E-state index contributed by atoms with van der Waals surface area (Å²) in [5, 5.41) is 6.49. The molecule has 0 aliphatic carbocycles. The van der Waals surface area contributed by atoms with Gasteiger partial charge >= 0.3 is 0 Å². The van der Waals surface area contributed by atoms with Crippen molar-refractivity contribution in [2.45, 2.75) is 0 Å². The largest absolute Gasteiger partial charge is 0.383 e. The van der Waals surface area contributed by atoms with Crippen LogP contribution in [0.3, 0.4) is 0 Å². The lowest BCUT2D eigenvalue weighted by Crippen LogP contribution is -2.25. The molecule has 0 aliphatic rings. The fraction of sp³-hybridized carbons (Fsp3) is 0.385. The van der Waals surface area contributed by atoms with Crippen LogP contribution in [0.4, 0.5) is 5.82 Å². The molecule has 5 nitrogen and oxygen atoms in total. The summed E-state index contributed by atoms with van der Waals surface area (Å²) in [5.74, 6) is 0.808. The van der Waals surface area contributed by atoms with Gasteiger partial charge in [-0.2, -0.15) is 0 Å². The molecule has 0 saturated heterocycles. The third kappa shape index (κ3) is 3.65. The Bertz CT molecular complexity index is 489. The number of ether oxygens (including phenoxy) is 1. The maximum Gasteiger partial charge on any atom is 0.145 e. The first kappa shape index (κ1) is 12.7. The number of methoxy groups -OCH3 is 1. The molecule has 5 heteroatoms. The highest BCUT2D eigenvalue weighted by Gasteiger charge is 1.97. The number of benzene rings is 1. The second kappa shape index (κ2) is 6.88. The molecule has 96 valence electrons. The van der Waals surface area contributed by atoms with Crippen molar-refractivity contribution in [3.05, 3.63) is 30.5 Å². The monoisotopic (exact) mass is 246 g/mol. The Labute approximate surface area is 107 Å². The lowest BCUT2D eigenvalue weighted by molar-refractivity contribution is 0.200. The number of nitrogens with zero attached hydrogens (tertiary/aromatic N) is 2. The number of nitrogens with one attached hydrogen (secondary N) is 2. The van der Waals surface area contributed by atoms with Gasteiger partial charge in [-0.25, -0.2) is 4.98 Å². The molecule has 18 heavy (non-hydrogen) atoms. The van der Waals surface area contributed by atoms with Gasteiger partial charge in [0, 0.05) is 26.7 Å². The summed E-state index contributed by atoms with van der Waals surface area (Å²) in [5.41, 5.74) is 1.83. The Morgan fingerprint density at radius 1 is 1.11 bits per heavy atom. The quantitative estimate of drug-likeness (QED) is 0.721. The van der Waals surface area contributed by atoms with Crippen LogP contribution in [0.25, 0.3) is 11.0 Å². The van der Waals surface area contributed by atoms with E-state index in [1.807, 2.05) is 24.3 Å². The van der Waals surface area contributed by atoms with Gasteiger partial charge in [0.2, 0.25) is 0 Å². The summed E-state index contributed by atoms with van der Waals surface area (Å²) < 4.78 is 4.95. The van der Waals surface area contributed by atoms with Crippen molar-refractivity contribution in [2.24, 2.45) is 0 Å². The zero-order valence-electron chi connectivity index (χ0n) is 10.5. The normalized spacial score (nSPS) is 10.7. The molecule has 1 heterocycles. The van der Waals surface area contributed by atoms with E-state index in [0.717, 1.165) is 43.1 Å². The summed E-state index contributed by atoms with van der Waals surface area (Å²) in [4.78, 5) is 8.83. The van der Waals surface area contributed by atoms with Gasteiger partial charge in [-0.1, -0.05) is 12.1 Å². The Morgan fingerprint density at radius 3 is 2.78 bits per heavy atom. The van der Waals surface area contributed by atoms with Crippen LogP contribution in [-0.4, -0.2) is 43.3 Å². The van der Waals surface area contributed by atoms with Crippen LogP contribution in [0.5, 0.6) is 0 Å². The van der Waals surface area contributed by atoms with Crippen LogP contribution in [0.15, 0.2) is 30.5 Å². The molecule has 0 spiro atoms. The van der Waals surface area contributed by atoms with Crippen molar-refractivity contribution in [2.75, 3.05) is 38.7 Å². The molecule has 2 N–H and O–H groups in total. The number of rotatable bonds is 7. The molecule has 0 radical (unpaired) electrons. The van der Waals surface area contributed by atoms with Gasteiger partial charge in [-0.15, -0.1) is 0 Å². The van der Waals surface area contributed by atoms with Crippen LogP contribution in [-0.2, 0) is 4.74 Å². The first-order valence-corrected chi connectivity index (χ1v) is 6.05. The molecule has 0 unspecified atom stereocenters. The molecule has 0 aliphatic heterocycles. The van der Waals surface area contributed by atoms with E-state index in [0.29, 0.717) is 0 Å². The number of fused-ring (bicyclic) bond motifs is 1. The molecule has 1 aromatic carbocycles. The van der Waals surface area contributed by atoms with Crippen LogP contribution < -0.4 is 10.6 Å². The summed E-state index contributed by atoms with van der Waals surface area (Å²) in [7, 11) is 1.70. The third-order valence-electron chi connectivity index (χ3n) is 2.54.